The highest BCUT2D eigenvalue weighted by atomic mass is 16.5. The maximum atomic E-state index is 5.57. The van der Waals surface area contributed by atoms with Crippen molar-refractivity contribution in [2.45, 2.75) is 39.7 Å². The largest absolute Gasteiger partial charge is 0.494 e. The first-order valence-corrected chi connectivity index (χ1v) is 7.35. The summed E-state index contributed by atoms with van der Waals surface area (Å²) in [6.45, 7) is 9.52. The fraction of sp³-hybridized carbons (Fsp3) is 0.625. The quantitative estimate of drug-likeness (QED) is 0.656. The second-order valence-electron chi connectivity index (χ2n) is 4.50. The molecule has 1 N–H and O–H groups in total. The standard InChI is InChI=1S/C16H27NO2/c1-4-11-17-16(10-12-18-5-2)14-8-7-9-15(13-14)19-6-3/h7-9,13,16-17H,4-6,10-12H2,1-3H3. The molecule has 0 bridgehead atoms. The summed E-state index contributed by atoms with van der Waals surface area (Å²) in [4.78, 5) is 0. The number of hydrogen-bond acceptors (Lipinski definition) is 3. The molecule has 1 aromatic carbocycles. The van der Waals surface area contributed by atoms with Crippen LogP contribution < -0.4 is 10.1 Å². The van der Waals surface area contributed by atoms with E-state index >= 15 is 0 Å². The molecule has 0 amide bonds. The maximum absolute atomic E-state index is 5.57. The first-order valence-electron chi connectivity index (χ1n) is 7.35. The van der Waals surface area contributed by atoms with Gasteiger partial charge in [-0.1, -0.05) is 19.1 Å². The summed E-state index contributed by atoms with van der Waals surface area (Å²) in [5.74, 6) is 0.944. The minimum atomic E-state index is 0.340. The molecule has 1 atom stereocenters. The number of benzene rings is 1. The first-order chi connectivity index (χ1) is 9.31. The fourth-order valence-corrected chi connectivity index (χ4v) is 2.04. The van der Waals surface area contributed by atoms with E-state index in [1.165, 1.54) is 5.56 Å². The molecule has 0 aliphatic carbocycles. The highest BCUT2D eigenvalue weighted by Gasteiger charge is 2.11. The van der Waals surface area contributed by atoms with Gasteiger partial charge in [-0.3, -0.25) is 0 Å². The minimum absolute atomic E-state index is 0.340. The summed E-state index contributed by atoms with van der Waals surface area (Å²) < 4.78 is 11.0. The Balaban J connectivity index is 2.68. The van der Waals surface area contributed by atoms with E-state index in [0.717, 1.165) is 38.3 Å². The van der Waals surface area contributed by atoms with Crippen LogP contribution in [0, 0.1) is 0 Å². The predicted molar refractivity (Wildman–Crippen MR) is 79.8 cm³/mol. The van der Waals surface area contributed by atoms with Crippen LogP contribution in [0.5, 0.6) is 5.75 Å². The van der Waals surface area contributed by atoms with Crippen LogP contribution >= 0.6 is 0 Å². The number of hydrogen-bond donors (Lipinski definition) is 1. The fourth-order valence-electron chi connectivity index (χ4n) is 2.04. The lowest BCUT2D eigenvalue weighted by atomic mass is 10.0. The second-order valence-corrected chi connectivity index (χ2v) is 4.50. The molecule has 0 aliphatic rings. The average Bonchev–Trinajstić information content (AvgIpc) is 2.43. The smallest absolute Gasteiger partial charge is 0.119 e. The van der Waals surface area contributed by atoms with Gasteiger partial charge in [0.1, 0.15) is 5.75 Å². The number of rotatable bonds is 10. The molecule has 0 aliphatic heterocycles. The Hall–Kier alpha value is -1.06. The molecule has 0 saturated carbocycles. The Morgan fingerprint density at radius 3 is 2.68 bits per heavy atom. The molecule has 0 aromatic heterocycles. The van der Waals surface area contributed by atoms with Crippen LogP contribution in [0.2, 0.25) is 0 Å². The number of nitrogens with one attached hydrogen (secondary N) is 1. The van der Waals surface area contributed by atoms with Crippen LogP contribution in [0.1, 0.15) is 45.2 Å². The molecular weight excluding hydrogens is 238 g/mol. The van der Waals surface area contributed by atoms with Crippen molar-refractivity contribution in [2.24, 2.45) is 0 Å². The van der Waals surface area contributed by atoms with E-state index in [1.807, 2.05) is 19.9 Å². The Kier molecular flexibility index (Phi) is 8.26. The molecule has 1 unspecified atom stereocenters. The Bertz CT molecular complexity index is 341. The monoisotopic (exact) mass is 265 g/mol. The van der Waals surface area contributed by atoms with Crippen molar-refractivity contribution in [2.75, 3.05) is 26.4 Å². The van der Waals surface area contributed by atoms with Crippen molar-refractivity contribution in [3.63, 3.8) is 0 Å². The van der Waals surface area contributed by atoms with E-state index in [0.29, 0.717) is 12.6 Å². The van der Waals surface area contributed by atoms with Gasteiger partial charge in [-0.2, -0.15) is 0 Å². The summed E-state index contributed by atoms with van der Waals surface area (Å²) in [5.41, 5.74) is 1.28. The third-order valence-electron chi connectivity index (χ3n) is 2.97. The molecule has 0 fully saturated rings. The van der Waals surface area contributed by atoms with Gasteiger partial charge < -0.3 is 14.8 Å². The number of ether oxygens (including phenoxy) is 2. The Labute approximate surface area is 117 Å². The van der Waals surface area contributed by atoms with Gasteiger partial charge in [0, 0.05) is 19.3 Å². The van der Waals surface area contributed by atoms with E-state index in [2.05, 4.69) is 30.4 Å². The van der Waals surface area contributed by atoms with Crippen molar-refractivity contribution in [1.29, 1.82) is 0 Å². The lowest BCUT2D eigenvalue weighted by molar-refractivity contribution is 0.136. The van der Waals surface area contributed by atoms with Gasteiger partial charge in [0.05, 0.1) is 6.61 Å². The molecule has 19 heavy (non-hydrogen) atoms. The molecule has 0 heterocycles. The molecule has 3 nitrogen and oxygen atoms in total. The molecule has 1 rings (SSSR count). The van der Waals surface area contributed by atoms with Crippen LogP contribution in [-0.2, 0) is 4.74 Å². The zero-order valence-corrected chi connectivity index (χ0v) is 12.4. The van der Waals surface area contributed by atoms with E-state index in [4.69, 9.17) is 9.47 Å². The van der Waals surface area contributed by atoms with Crippen molar-refractivity contribution in [3.05, 3.63) is 29.8 Å². The molecule has 0 saturated heterocycles. The Morgan fingerprint density at radius 2 is 2.00 bits per heavy atom. The van der Waals surface area contributed by atoms with Crippen molar-refractivity contribution >= 4 is 0 Å². The minimum Gasteiger partial charge on any atom is -0.494 e. The van der Waals surface area contributed by atoms with Gasteiger partial charge in [-0.05, 0) is 50.9 Å². The van der Waals surface area contributed by atoms with Crippen LogP contribution in [0.4, 0.5) is 0 Å². The first kappa shape index (κ1) is 16.0. The SMILES string of the molecule is CCCNC(CCOCC)c1cccc(OCC)c1. The average molecular weight is 265 g/mol. The maximum Gasteiger partial charge on any atom is 0.119 e. The topological polar surface area (TPSA) is 30.5 Å². The normalized spacial score (nSPS) is 12.4. The van der Waals surface area contributed by atoms with Crippen molar-refractivity contribution < 1.29 is 9.47 Å². The van der Waals surface area contributed by atoms with Gasteiger partial charge in [0.15, 0.2) is 0 Å². The summed E-state index contributed by atoms with van der Waals surface area (Å²) in [6.07, 6.45) is 2.12. The van der Waals surface area contributed by atoms with E-state index in [-0.39, 0.29) is 0 Å². The third kappa shape index (κ3) is 6.08. The molecule has 0 radical (unpaired) electrons. The second kappa shape index (κ2) is 9.82. The highest BCUT2D eigenvalue weighted by Crippen LogP contribution is 2.22. The van der Waals surface area contributed by atoms with Gasteiger partial charge in [-0.25, -0.2) is 0 Å². The van der Waals surface area contributed by atoms with Crippen LogP contribution in [0.25, 0.3) is 0 Å². The van der Waals surface area contributed by atoms with E-state index in [1.54, 1.807) is 0 Å². The van der Waals surface area contributed by atoms with Crippen molar-refractivity contribution in [1.82, 2.24) is 5.32 Å². The van der Waals surface area contributed by atoms with Crippen LogP contribution in [0.15, 0.2) is 24.3 Å². The van der Waals surface area contributed by atoms with Crippen molar-refractivity contribution in [3.8, 4) is 5.75 Å². The summed E-state index contributed by atoms with van der Waals surface area (Å²) in [5, 5.41) is 3.58. The predicted octanol–water partition coefficient (Wildman–Crippen LogP) is 3.55. The highest BCUT2D eigenvalue weighted by molar-refractivity contribution is 5.30. The Morgan fingerprint density at radius 1 is 1.16 bits per heavy atom. The zero-order valence-electron chi connectivity index (χ0n) is 12.4. The summed E-state index contributed by atoms with van der Waals surface area (Å²) in [6, 6.07) is 8.69. The molecule has 3 heteroatoms. The van der Waals surface area contributed by atoms with Crippen LogP contribution in [-0.4, -0.2) is 26.4 Å². The van der Waals surface area contributed by atoms with Gasteiger partial charge in [-0.15, -0.1) is 0 Å². The van der Waals surface area contributed by atoms with E-state index < -0.39 is 0 Å². The molecule has 1 aromatic rings. The van der Waals surface area contributed by atoms with Gasteiger partial charge >= 0.3 is 0 Å². The molecule has 0 spiro atoms. The summed E-state index contributed by atoms with van der Waals surface area (Å²) >= 11 is 0. The van der Waals surface area contributed by atoms with E-state index in [9.17, 15) is 0 Å². The lowest BCUT2D eigenvalue weighted by Crippen LogP contribution is -2.23. The molecular formula is C16H27NO2. The lowest BCUT2D eigenvalue weighted by Gasteiger charge is -2.19. The zero-order chi connectivity index (χ0) is 13.9. The van der Waals surface area contributed by atoms with Crippen LogP contribution in [0.3, 0.4) is 0 Å². The third-order valence-corrected chi connectivity index (χ3v) is 2.97. The molecule has 108 valence electrons. The summed E-state index contributed by atoms with van der Waals surface area (Å²) in [7, 11) is 0. The van der Waals surface area contributed by atoms with Gasteiger partial charge in [0.25, 0.3) is 0 Å². The van der Waals surface area contributed by atoms with Gasteiger partial charge in [0.2, 0.25) is 0 Å².